The quantitative estimate of drug-likeness (QED) is 0.763. The van der Waals surface area contributed by atoms with Crippen molar-refractivity contribution in [3.63, 3.8) is 0 Å². The number of hydrogen-bond acceptors (Lipinski definition) is 3. The molecule has 1 atom stereocenters. The Bertz CT molecular complexity index is 890. The van der Waals surface area contributed by atoms with E-state index in [-0.39, 0.29) is 23.5 Å². The molecule has 0 bridgehead atoms. The van der Waals surface area contributed by atoms with Gasteiger partial charge in [0.25, 0.3) is 0 Å². The Morgan fingerprint density at radius 1 is 1.00 bits per heavy atom. The lowest BCUT2D eigenvalue weighted by Gasteiger charge is -2.37. The van der Waals surface area contributed by atoms with Crippen molar-refractivity contribution in [1.82, 2.24) is 9.80 Å². The molecule has 0 N–H and O–H groups in total. The predicted molar refractivity (Wildman–Crippen MR) is 115 cm³/mol. The van der Waals surface area contributed by atoms with Crippen molar-refractivity contribution >= 4 is 17.5 Å². The van der Waals surface area contributed by atoms with Crippen molar-refractivity contribution in [2.75, 3.05) is 44.2 Å². The third kappa shape index (κ3) is 4.64. The van der Waals surface area contributed by atoms with Gasteiger partial charge in [0.15, 0.2) is 0 Å². The summed E-state index contributed by atoms with van der Waals surface area (Å²) < 4.78 is 13.1. The van der Waals surface area contributed by atoms with Crippen molar-refractivity contribution in [3.05, 3.63) is 65.5 Å². The lowest BCUT2D eigenvalue weighted by atomic mass is 10.1. The van der Waals surface area contributed by atoms with Crippen LogP contribution in [0, 0.1) is 18.7 Å². The highest BCUT2D eigenvalue weighted by Crippen LogP contribution is 2.23. The summed E-state index contributed by atoms with van der Waals surface area (Å²) in [5.41, 5.74) is 3.41. The number of halogens is 1. The number of rotatable bonds is 5. The molecule has 0 saturated carbocycles. The van der Waals surface area contributed by atoms with Gasteiger partial charge in [-0.05, 0) is 43.2 Å². The van der Waals surface area contributed by atoms with Crippen LogP contribution in [0.5, 0.6) is 0 Å². The zero-order valence-electron chi connectivity index (χ0n) is 17.4. The second kappa shape index (κ2) is 8.86. The SMILES string of the molecule is Cc1ccc(CCN2C[C@H](C(=O)N3CCN(c4ccc(F)cc4)CC3)CC2=O)cc1. The Kier molecular flexibility index (Phi) is 6.02. The zero-order chi connectivity index (χ0) is 21.1. The van der Waals surface area contributed by atoms with Crippen LogP contribution in [0.3, 0.4) is 0 Å². The number of carbonyl (C=O) groups excluding carboxylic acids is 2. The minimum absolute atomic E-state index is 0.0745. The van der Waals surface area contributed by atoms with E-state index in [1.165, 1.54) is 23.3 Å². The van der Waals surface area contributed by atoms with Crippen LogP contribution in [0.1, 0.15) is 17.5 Å². The molecule has 30 heavy (non-hydrogen) atoms. The predicted octanol–water partition coefficient (Wildman–Crippen LogP) is 2.87. The van der Waals surface area contributed by atoms with E-state index in [0.717, 1.165) is 25.2 Å². The Morgan fingerprint density at radius 2 is 1.67 bits per heavy atom. The molecule has 2 aromatic carbocycles. The van der Waals surface area contributed by atoms with E-state index in [9.17, 15) is 14.0 Å². The van der Waals surface area contributed by atoms with Crippen molar-refractivity contribution in [3.8, 4) is 0 Å². The topological polar surface area (TPSA) is 43.9 Å². The van der Waals surface area contributed by atoms with Crippen molar-refractivity contribution < 1.29 is 14.0 Å². The van der Waals surface area contributed by atoms with Gasteiger partial charge in [0.05, 0.1) is 5.92 Å². The number of aryl methyl sites for hydroxylation is 1. The van der Waals surface area contributed by atoms with Gasteiger partial charge in [-0.15, -0.1) is 0 Å². The lowest BCUT2D eigenvalue weighted by molar-refractivity contribution is -0.136. The van der Waals surface area contributed by atoms with E-state index in [0.29, 0.717) is 32.6 Å². The molecule has 0 unspecified atom stereocenters. The first-order valence-corrected chi connectivity index (χ1v) is 10.6. The minimum atomic E-state index is -0.245. The molecule has 2 aromatic rings. The molecule has 2 fully saturated rings. The molecule has 2 saturated heterocycles. The highest BCUT2D eigenvalue weighted by Gasteiger charge is 2.37. The fraction of sp³-hybridized carbons (Fsp3) is 0.417. The first kappa shape index (κ1) is 20.4. The van der Waals surface area contributed by atoms with Gasteiger partial charge < -0.3 is 14.7 Å². The van der Waals surface area contributed by atoms with Crippen LogP contribution in [-0.2, 0) is 16.0 Å². The van der Waals surface area contributed by atoms with Crippen LogP contribution < -0.4 is 4.90 Å². The Hall–Kier alpha value is -2.89. The fourth-order valence-electron chi connectivity index (χ4n) is 4.27. The molecule has 2 amide bonds. The van der Waals surface area contributed by atoms with Gasteiger partial charge in [0.1, 0.15) is 5.82 Å². The second-order valence-electron chi connectivity index (χ2n) is 8.27. The van der Waals surface area contributed by atoms with E-state index in [1.54, 1.807) is 12.1 Å². The number of carbonyl (C=O) groups is 2. The third-order valence-electron chi connectivity index (χ3n) is 6.14. The number of anilines is 1. The van der Waals surface area contributed by atoms with E-state index in [4.69, 9.17) is 0 Å². The highest BCUT2D eigenvalue weighted by atomic mass is 19.1. The van der Waals surface area contributed by atoms with Crippen molar-refractivity contribution in [2.45, 2.75) is 19.8 Å². The number of hydrogen-bond donors (Lipinski definition) is 0. The highest BCUT2D eigenvalue weighted by molar-refractivity contribution is 5.89. The number of likely N-dealkylation sites (tertiary alicyclic amines) is 1. The summed E-state index contributed by atoms with van der Waals surface area (Å²) in [6, 6.07) is 14.8. The lowest BCUT2D eigenvalue weighted by Crippen LogP contribution is -2.50. The van der Waals surface area contributed by atoms with Crippen LogP contribution >= 0.6 is 0 Å². The van der Waals surface area contributed by atoms with Crippen molar-refractivity contribution in [1.29, 1.82) is 0 Å². The van der Waals surface area contributed by atoms with Gasteiger partial charge in [-0.3, -0.25) is 9.59 Å². The second-order valence-corrected chi connectivity index (χ2v) is 8.27. The molecule has 2 aliphatic rings. The zero-order valence-corrected chi connectivity index (χ0v) is 17.4. The average Bonchev–Trinajstić information content (AvgIpc) is 3.14. The maximum Gasteiger partial charge on any atom is 0.228 e. The molecule has 2 heterocycles. The molecule has 0 aliphatic carbocycles. The number of piperazine rings is 1. The molecule has 158 valence electrons. The van der Waals surface area contributed by atoms with Gasteiger partial charge in [-0.2, -0.15) is 0 Å². The molecule has 0 radical (unpaired) electrons. The summed E-state index contributed by atoms with van der Waals surface area (Å²) >= 11 is 0. The van der Waals surface area contributed by atoms with Gasteiger partial charge in [0.2, 0.25) is 11.8 Å². The van der Waals surface area contributed by atoms with Gasteiger partial charge in [-0.25, -0.2) is 4.39 Å². The average molecular weight is 410 g/mol. The van der Waals surface area contributed by atoms with Gasteiger partial charge >= 0.3 is 0 Å². The Labute approximate surface area is 177 Å². The molecular weight excluding hydrogens is 381 g/mol. The Morgan fingerprint density at radius 3 is 2.33 bits per heavy atom. The van der Waals surface area contributed by atoms with Gasteiger partial charge in [0, 0.05) is 51.4 Å². The third-order valence-corrected chi connectivity index (χ3v) is 6.14. The summed E-state index contributed by atoms with van der Waals surface area (Å²) in [6.07, 6.45) is 1.12. The monoisotopic (exact) mass is 409 g/mol. The standard InChI is InChI=1S/C24H28FN3O2/c1-18-2-4-19(5-3-18)10-11-28-17-20(16-23(28)29)24(30)27-14-12-26(13-15-27)22-8-6-21(25)7-9-22/h2-9,20H,10-17H2,1H3/t20-/m1/s1. The molecule has 0 spiro atoms. The molecule has 6 heteroatoms. The van der Waals surface area contributed by atoms with Crippen LogP contribution in [0.2, 0.25) is 0 Å². The number of benzene rings is 2. The van der Waals surface area contributed by atoms with Crippen molar-refractivity contribution in [2.24, 2.45) is 5.92 Å². The number of nitrogens with zero attached hydrogens (tertiary/aromatic N) is 3. The maximum absolute atomic E-state index is 13.1. The van der Waals surface area contributed by atoms with E-state index in [2.05, 4.69) is 36.1 Å². The molecule has 0 aromatic heterocycles. The first-order chi connectivity index (χ1) is 14.5. The largest absolute Gasteiger partial charge is 0.368 e. The molecule has 2 aliphatic heterocycles. The summed E-state index contributed by atoms with van der Waals surface area (Å²) in [5.74, 6) is -0.330. The smallest absolute Gasteiger partial charge is 0.228 e. The Balaban J connectivity index is 1.27. The summed E-state index contributed by atoms with van der Waals surface area (Å²) in [5, 5.41) is 0. The molecule has 4 rings (SSSR count). The molecule has 5 nitrogen and oxygen atoms in total. The summed E-state index contributed by atoms with van der Waals surface area (Å²) in [7, 11) is 0. The summed E-state index contributed by atoms with van der Waals surface area (Å²) in [4.78, 5) is 31.3. The van der Waals surface area contributed by atoms with Gasteiger partial charge in [-0.1, -0.05) is 29.8 Å². The minimum Gasteiger partial charge on any atom is -0.368 e. The van der Waals surface area contributed by atoms with Crippen LogP contribution in [0.25, 0.3) is 0 Å². The van der Waals surface area contributed by atoms with Crippen LogP contribution in [0.15, 0.2) is 48.5 Å². The maximum atomic E-state index is 13.1. The van der Waals surface area contributed by atoms with Crippen LogP contribution in [0.4, 0.5) is 10.1 Å². The van der Waals surface area contributed by atoms with E-state index < -0.39 is 0 Å². The number of amides is 2. The molecular formula is C24H28FN3O2. The summed E-state index contributed by atoms with van der Waals surface area (Å²) in [6.45, 7) is 5.92. The van der Waals surface area contributed by atoms with E-state index >= 15 is 0 Å². The van der Waals surface area contributed by atoms with E-state index in [1.807, 2.05) is 9.80 Å². The fourth-order valence-corrected chi connectivity index (χ4v) is 4.27. The normalized spacial score (nSPS) is 19.5. The van der Waals surface area contributed by atoms with Crippen LogP contribution in [-0.4, -0.2) is 60.9 Å². The first-order valence-electron chi connectivity index (χ1n) is 10.6.